The lowest BCUT2D eigenvalue weighted by Gasteiger charge is -2.20. The maximum absolute atomic E-state index is 13.3. The Labute approximate surface area is 164 Å². The van der Waals surface area contributed by atoms with Gasteiger partial charge in [0, 0.05) is 18.5 Å². The van der Waals surface area contributed by atoms with Crippen molar-refractivity contribution >= 4 is 34.8 Å². The average Bonchev–Trinajstić information content (AvgIpc) is 3.25. The van der Waals surface area contributed by atoms with Crippen molar-refractivity contribution in [3.8, 4) is 11.4 Å². The number of amides is 1. The number of hydrogen-bond donors (Lipinski definition) is 0. The van der Waals surface area contributed by atoms with Crippen LogP contribution < -0.4 is 4.90 Å². The second-order valence-electron chi connectivity index (χ2n) is 6.40. The van der Waals surface area contributed by atoms with E-state index in [1.54, 1.807) is 11.0 Å². The van der Waals surface area contributed by atoms with Gasteiger partial charge in [-0.15, -0.1) is 0 Å². The van der Waals surface area contributed by atoms with Crippen molar-refractivity contribution in [2.45, 2.75) is 19.3 Å². The van der Waals surface area contributed by atoms with Crippen LogP contribution in [0.2, 0.25) is 10.0 Å². The summed E-state index contributed by atoms with van der Waals surface area (Å²) in [4.78, 5) is 18.6. The molecule has 1 aromatic heterocycles. The molecule has 138 valence electrons. The number of benzene rings is 2. The highest BCUT2D eigenvalue weighted by Gasteiger charge is 2.36. The van der Waals surface area contributed by atoms with Gasteiger partial charge in [-0.05, 0) is 36.8 Å². The third-order valence-electron chi connectivity index (χ3n) is 4.55. The molecule has 27 heavy (non-hydrogen) atoms. The number of anilines is 1. The van der Waals surface area contributed by atoms with Crippen LogP contribution in [0.25, 0.3) is 11.4 Å². The van der Waals surface area contributed by atoms with Crippen molar-refractivity contribution in [1.82, 2.24) is 10.1 Å². The smallest absolute Gasteiger partial charge is 0.232 e. The van der Waals surface area contributed by atoms with Crippen LogP contribution in [-0.2, 0) is 4.79 Å². The van der Waals surface area contributed by atoms with Crippen LogP contribution >= 0.6 is 23.2 Å². The Balaban J connectivity index is 1.60. The van der Waals surface area contributed by atoms with Gasteiger partial charge in [-0.2, -0.15) is 4.98 Å². The van der Waals surface area contributed by atoms with Crippen molar-refractivity contribution < 1.29 is 13.7 Å². The number of aryl methyl sites for hydroxylation is 1. The molecule has 4 rings (SSSR count). The highest BCUT2D eigenvalue weighted by molar-refractivity contribution is 6.34. The first kappa shape index (κ1) is 17.9. The van der Waals surface area contributed by atoms with Crippen LogP contribution in [0.1, 0.15) is 23.8 Å². The van der Waals surface area contributed by atoms with Crippen LogP contribution in [0.3, 0.4) is 0 Å². The first-order chi connectivity index (χ1) is 12.9. The fourth-order valence-electron chi connectivity index (χ4n) is 3.21. The Morgan fingerprint density at radius 2 is 2.04 bits per heavy atom. The zero-order valence-electron chi connectivity index (χ0n) is 14.2. The van der Waals surface area contributed by atoms with Gasteiger partial charge in [-0.25, -0.2) is 4.39 Å². The molecule has 1 amide bonds. The Morgan fingerprint density at radius 1 is 1.22 bits per heavy atom. The summed E-state index contributed by atoms with van der Waals surface area (Å²) in [7, 11) is 0. The summed E-state index contributed by atoms with van der Waals surface area (Å²) in [5.41, 5.74) is 2.17. The maximum atomic E-state index is 13.3. The fourth-order valence-corrected chi connectivity index (χ4v) is 3.71. The molecule has 8 heteroatoms. The van der Waals surface area contributed by atoms with Gasteiger partial charge in [0.15, 0.2) is 0 Å². The molecular formula is C19H14Cl2FN3O2. The molecule has 1 atom stereocenters. The first-order valence-electron chi connectivity index (χ1n) is 8.28. The number of carbonyl (C=O) groups excluding carboxylic acids is 1. The van der Waals surface area contributed by atoms with Crippen LogP contribution in [0, 0.1) is 12.7 Å². The summed E-state index contributed by atoms with van der Waals surface area (Å²) >= 11 is 12.1. The lowest BCUT2D eigenvalue weighted by Crippen LogP contribution is -2.25. The predicted octanol–water partition coefficient (Wildman–Crippen LogP) is 5.01. The third-order valence-corrected chi connectivity index (χ3v) is 5.15. The molecule has 1 saturated heterocycles. The molecule has 5 nitrogen and oxygen atoms in total. The number of halogens is 3. The standard InChI is InChI=1S/C19H14Cl2FN3O2/c1-10-3-2-4-13(20)17(10)25-9-12(8-16(25)26)19-23-18(24-27-19)11-5-6-15(22)14(21)7-11/h2-7,12H,8-9H2,1H3. The summed E-state index contributed by atoms with van der Waals surface area (Å²) < 4.78 is 18.7. The van der Waals surface area contributed by atoms with Crippen molar-refractivity contribution in [1.29, 1.82) is 0 Å². The second kappa shape index (κ2) is 6.94. The van der Waals surface area contributed by atoms with Gasteiger partial charge in [0.2, 0.25) is 17.6 Å². The van der Waals surface area contributed by atoms with E-state index in [4.69, 9.17) is 27.7 Å². The number of carbonyl (C=O) groups is 1. The Morgan fingerprint density at radius 3 is 2.78 bits per heavy atom. The summed E-state index contributed by atoms with van der Waals surface area (Å²) in [5, 5.41) is 4.44. The average molecular weight is 406 g/mol. The Bertz CT molecular complexity index is 1020. The normalized spacial score (nSPS) is 17.0. The summed E-state index contributed by atoms with van der Waals surface area (Å²) in [6.07, 6.45) is 0.246. The minimum absolute atomic E-state index is 0.0183. The molecule has 0 N–H and O–H groups in total. The number of nitrogens with zero attached hydrogens (tertiary/aromatic N) is 3. The topological polar surface area (TPSA) is 59.2 Å². The van der Waals surface area contributed by atoms with Crippen LogP contribution in [0.4, 0.5) is 10.1 Å². The Hall–Kier alpha value is -2.44. The lowest BCUT2D eigenvalue weighted by atomic mass is 10.1. The third kappa shape index (κ3) is 3.31. The summed E-state index contributed by atoms with van der Waals surface area (Å²) in [6.45, 7) is 2.31. The van der Waals surface area contributed by atoms with Gasteiger partial charge in [-0.3, -0.25) is 4.79 Å². The second-order valence-corrected chi connectivity index (χ2v) is 7.21. The van der Waals surface area contributed by atoms with Crippen LogP contribution in [0.15, 0.2) is 40.9 Å². The molecule has 0 aliphatic carbocycles. The summed E-state index contributed by atoms with van der Waals surface area (Å²) in [6, 6.07) is 9.71. The van der Waals surface area contributed by atoms with Crippen molar-refractivity contribution in [3.63, 3.8) is 0 Å². The summed E-state index contributed by atoms with van der Waals surface area (Å²) in [5.74, 6) is -0.167. The zero-order chi connectivity index (χ0) is 19.1. The van der Waals surface area contributed by atoms with Gasteiger partial charge in [0.1, 0.15) is 5.82 Å². The molecule has 0 saturated carbocycles. The zero-order valence-corrected chi connectivity index (χ0v) is 15.8. The van der Waals surface area contributed by atoms with Crippen molar-refractivity contribution in [2.75, 3.05) is 11.4 Å². The highest BCUT2D eigenvalue weighted by atomic mass is 35.5. The molecule has 1 unspecified atom stereocenters. The minimum Gasteiger partial charge on any atom is -0.339 e. The highest BCUT2D eigenvalue weighted by Crippen LogP contribution is 2.37. The molecule has 0 spiro atoms. The molecule has 2 aromatic carbocycles. The van der Waals surface area contributed by atoms with E-state index >= 15 is 0 Å². The van der Waals surface area contributed by atoms with E-state index in [1.165, 1.54) is 18.2 Å². The number of rotatable bonds is 3. The van der Waals surface area contributed by atoms with Crippen molar-refractivity contribution in [3.05, 3.63) is 63.7 Å². The Kier molecular flexibility index (Phi) is 4.61. The van der Waals surface area contributed by atoms with E-state index in [-0.39, 0.29) is 23.3 Å². The molecule has 1 fully saturated rings. The minimum atomic E-state index is -0.517. The molecule has 1 aliphatic heterocycles. The van der Waals surface area contributed by atoms with Gasteiger partial charge < -0.3 is 9.42 Å². The molecule has 2 heterocycles. The quantitative estimate of drug-likeness (QED) is 0.614. The van der Waals surface area contributed by atoms with E-state index in [9.17, 15) is 9.18 Å². The lowest BCUT2D eigenvalue weighted by molar-refractivity contribution is -0.117. The van der Waals surface area contributed by atoms with E-state index in [0.29, 0.717) is 34.5 Å². The first-order valence-corrected chi connectivity index (χ1v) is 9.04. The van der Waals surface area contributed by atoms with Crippen LogP contribution in [-0.4, -0.2) is 22.6 Å². The van der Waals surface area contributed by atoms with Gasteiger partial charge >= 0.3 is 0 Å². The van der Waals surface area contributed by atoms with Gasteiger partial charge in [0.25, 0.3) is 0 Å². The van der Waals surface area contributed by atoms with Crippen molar-refractivity contribution in [2.24, 2.45) is 0 Å². The molecule has 0 bridgehead atoms. The van der Waals surface area contributed by atoms with Gasteiger partial charge in [-0.1, -0.05) is 40.5 Å². The molecule has 0 radical (unpaired) electrons. The predicted molar refractivity (Wildman–Crippen MR) is 101 cm³/mol. The monoisotopic (exact) mass is 405 g/mol. The van der Waals surface area contributed by atoms with Gasteiger partial charge in [0.05, 0.1) is 21.7 Å². The van der Waals surface area contributed by atoms with Crippen LogP contribution in [0.5, 0.6) is 0 Å². The number of para-hydroxylation sites is 1. The molecule has 3 aromatic rings. The molecule has 1 aliphatic rings. The van der Waals surface area contributed by atoms with E-state index < -0.39 is 5.82 Å². The fraction of sp³-hybridized carbons (Fsp3) is 0.211. The maximum Gasteiger partial charge on any atom is 0.232 e. The molecular weight excluding hydrogens is 392 g/mol. The number of hydrogen-bond acceptors (Lipinski definition) is 4. The van der Waals surface area contributed by atoms with E-state index in [0.717, 1.165) is 5.56 Å². The largest absolute Gasteiger partial charge is 0.339 e. The van der Waals surface area contributed by atoms with E-state index in [2.05, 4.69) is 10.1 Å². The van der Waals surface area contributed by atoms with E-state index in [1.807, 2.05) is 19.1 Å². The number of aromatic nitrogens is 2. The SMILES string of the molecule is Cc1cccc(Cl)c1N1CC(c2nc(-c3ccc(F)c(Cl)c3)no2)CC1=O.